The molecule has 1 N–H and O–H groups in total. The van der Waals surface area contributed by atoms with E-state index in [4.69, 9.17) is 11.6 Å². The van der Waals surface area contributed by atoms with E-state index in [9.17, 15) is 18.4 Å². The average molecular weight is 532 g/mol. The summed E-state index contributed by atoms with van der Waals surface area (Å²) < 4.78 is 27.1. The third kappa shape index (κ3) is 6.50. The molecule has 1 saturated heterocycles. The van der Waals surface area contributed by atoms with Crippen LogP contribution < -0.4 is 10.2 Å². The summed E-state index contributed by atoms with van der Waals surface area (Å²) in [5.41, 5.74) is 0.844. The summed E-state index contributed by atoms with van der Waals surface area (Å²) >= 11 is 7.37. The van der Waals surface area contributed by atoms with Gasteiger partial charge in [-0.05, 0) is 36.8 Å². The van der Waals surface area contributed by atoms with Gasteiger partial charge in [-0.25, -0.2) is 18.7 Å². The Kier molecular flexibility index (Phi) is 8.37. The maximum Gasteiger partial charge on any atom is 0.257 e. The number of amides is 2. The Morgan fingerprint density at radius 1 is 1.11 bits per heavy atom. The molecule has 7 nitrogen and oxygen atoms in total. The molecule has 1 fully saturated rings. The van der Waals surface area contributed by atoms with Gasteiger partial charge in [-0.3, -0.25) is 9.59 Å². The first-order chi connectivity index (χ1) is 17.3. The Bertz CT molecular complexity index is 1250. The lowest BCUT2D eigenvalue weighted by atomic mass is 10.1. The van der Waals surface area contributed by atoms with Crippen molar-refractivity contribution in [1.29, 1.82) is 0 Å². The number of benzene rings is 2. The smallest absolute Gasteiger partial charge is 0.257 e. The van der Waals surface area contributed by atoms with Gasteiger partial charge in [0.15, 0.2) is 5.16 Å². The van der Waals surface area contributed by atoms with Crippen LogP contribution in [0.5, 0.6) is 0 Å². The SMILES string of the molecule is CC1CN(c2cc(Cl)nc(SCC(=O)NCc3ccc(F)cc3)n2)CCN1C(=O)c1ccccc1F. The Morgan fingerprint density at radius 2 is 1.86 bits per heavy atom. The van der Waals surface area contributed by atoms with Crippen molar-refractivity contribution in [1.82, 2.24) is 20.2 Å². The van der Waals surface area contributed by atoms with Gasteiger partial charge < -0.3 is 15.1 Å². The van der Waals surface area contributed by atoms with Crippen LogP contribution in [0.2, 0.25) is 5.15 Å². The third-order valence-corrected chi connectivity index (χ3v) is 6.75. The van der Waals surface area contributed by atoms with E-state index in [-0.39, 0.29) is 46.7 Å². The minimum atomic E-state index is -0.539. The molecule has 1 aliphatic rings. The number of carbonyl (C=O) groups is 2. The van der Waals surface area contributed by atoms with Crippen LogP contribution in [-0.4, -0.2) is 58.1 Å². The minimum absolute atomic E-state index is 0.0549. The Balaban J connectivity index is 1.34. The fourth-order valence-electron chi connectivity index (χ4n) is 3.85. The van der Waals surface area contributed by atoms with Gasteiger partial charge in [0.2, 0.25) is 5.91 Å². The molecule has 36 heavy (non-hydrogen) atoms. The van der Waals surface area contributed by atoms with Crippen LogP contribution in [0.1, 0.15) is 22.8 Å². The molecule has 1 atom stereocenters. The zero-order chi connectivity index (χ0) is 25.7. The standard InChI is InChI=1S/C25H24ClF2N5O2S/c1-16-14-32(10-11-33(16)24(35)19-4-2-3-5-20(19)28)22-12-21(26)30-25(31-22)36-15-23(34)29-13-17-6-8-18(27)9-7-17/h2-9,12,16H,10-11,13-15H2,1H3,(H,29,34). The fourth-order valence-corrected chi connectivity index (χ4v) is 4.76. The molecule has 2 heterocycles. The lowest BCUT2D eigenvalue weighted by molar-refractivity contribution is -0.118. The molecular formula is C25H24ClF2N5O2S. The van der Waals surface area contributed by atoms with Crippen LogP contribution >= 0.6 is 23.4 Å². The Labute approximate surface area is 216 Å². The second-order valence-electron chi connectivity index (χ2n) is 8.30. The van der Waals surface area contributed by atoms with Gasteiger partial charge in [-0.1, -0.05) is 47.6 Å². The van der Waals surface area contributed by atoms with Crippen LogP contribution in [-0.2, 0) is 11.3 Å². The second kappa shape index (κ2) is 11.7. The molecule has 1 aliphatic heterocycles. The molecule has 0 radical (unpaired) electrons. The summed E-state index contributed by atoms with van der Waals surface area (Å²) in [6, 6.07) is 13.3. The fraction of sp³-hybridized carbons (Fsp3) is 0.280. The second-order valence-corrected chi connectivity index (χ2v) is 9.63. The molecule has 0 spiro atoms. The van der Waals surface area contributed by atoms with Crippen LogP contribution in [0.25, 0.3) is 0 Å². The summed E-state index contributed by atoms with van der Waals surface area (Å²) in [6.45, 7) is 3.55. The zero-order valence-corrected chi connectivity index (χ0v) is 21.0. The maximum atomic E-state index is 14.1. The summed E-state index contributed by atoms with van der Waals surface area (Å²) in [7, 11) is 0. The van der Waals surface area contributed by atoms with Crippen molar-refractivity contribution in [3.05, 3.63) is 82.5 Å². The van der Waals surface area contributed by atoms with Crippen LogP contribution in [0.4, 0.5) is 14.6 Å². The first-order valence-electron chi connectivity index (χ1n) is 11.3. The first-order valence-corrected chi connectivity index (χ1v) is 12.7. The molecule has 2 aromatic carbocycles. The predicted molar refractivity (Wildman–Crippen MR) is 135 cm³/mol. The van der Waals surface area contributed by atoms with Crippen molar-refractivity contribution in [3.8, 4) is 0 Å². The Hall–Kier alpha value is -3.24. The summed E-state index contributed by atoms with van der Waals surface area (Å²) in [4.78, 5) is 37.5. The van der Waals surface area contributed by atoms with E-state index in [1.807, 2.05) is 11.8 Å². The van der Waals surface area contributed by atoms with Crippen LogP contribution in [0, 0.1) is 11.6 Å². The number of aromatic nitrogens is 2. The predicted octanol–water partition coefficient (Wildman–Crippen LogP) is 4.17. The number of halogens is 3. The molecule has 2 amide bonds. The van der Waals surface area contributed by atoms with Gasteiger partial charge in [0, 0.05) is 38.3 Å². The van der Waals surface area contributed by atoms with E-state index in [1.165, 1.54) is 24.3 Å². The number of nitrogens with zero attached hydrogens (tertiary/aromatic N) is 4. The van der Waals surface area contributed by atoms with E-state index < -0.39 is 5.82 Å². The van der Waals surface area contributed by atoms with Crippen LogP contribution in [0.15, 0.2) is 59.8 Å². The number of piperazine rings is 1. The highest BCUT2D eigenvalue weighted by Crippen LogP contribution is 2.25. The molecule has 4 rings (SSSR count). The van der Waals surface area contributed by atoms with Crippen molar-refractivity contribution in [2.45, 2.75) is 24.7 Å². The molecular weight excluding hydrogens is 508 g/mol. The van der Waals surface area contributed by atoms with Crippen molar-refractivity contribution < 1.29 is 18.4 Å². The Morgan fingerprint density at radius 3 is 2.58 bits per heavy atom. The topological polar surface area (TPSA) is 78.4 Å². The normalized spacial score (nSPS) is 15.6. The van der Waals surface area contributed by atoms with E-state index in [2.05, 4.69) is 15.3 Å². The quantitative estimate of drug-likeness (QED) is 0.280. The summed E-state index contributed by atoms with van der Waals surface area (Å²) in [5.74, 6) is -0.756. The molecule has 11 heteroatoms. The third-order valence-electron chi connectivity index (χ3n) is 5.71. The lowest BCUT2D eigenvalue weighted by Gasteiger charge is -2.40. The van der Waals surface area contributed by atoms with E-state index in [1.54, 1.807) is 35.2 Å². The first kappa shape index (κ1) is 25.8. The number of anilines is 1. The number of hydrogen-bond acceptors (Lipinski definition) is 6. The van der Waals surface area contributed by atoms with Crippen molar-refractivity contribution in [3.63, 3.8) is 0 Å². The number of carbonyl (C=O) groups excluding carboxylic acids is 2. The van der Waals surface area contributed by atoms with Crippen LogP contribution in [0.3, 0.4) is 0 Å². The molecule has 1 unspecified atom stereocenters. The molecule has 1 aromatic heterocycles. The maximum absolute atomic E-state index is 14.1. The van der Waals surface area contributed by atoms with Crippen molar-refractivity contribution in [2.75, 3.05) is 30.3 Å². The highest BCUT2D eigenvalue weighted by Gasteiger charge is 2.30. The van der Waals surface area contributed by atoms with Gasteiger partial charge in [-0.2, -0.15) is 0 Å². The monoisotopic (exact) mass is 531 g/mol. The summed E-state index contributed by atoms with van der Waals surface area (Å²) in [6.07, 6.45) is 0. The molecule has 0 aliphatic carbocycles. The van der Waals surface area contributed by atoms with E-state index >= 15 is 0 Å². The van der Waals surface area contributed by atoms with Gasteiger partial charge >= 0.3 is 0 Å². The average Bonchev–Trinajstić information content (AvgIpc) is 2.86. The van der Waals surface area contributed by atoms with Crippen molar-refractivity contribution >= 4 is 41.0 Å². The highest BCUT2D eigenvalue weighted by atomic mass is 35.5. The summed E-state index contributed by atoms with van der Waals surface area (Å²) in [5, 5.41) is 3.37. The van der Waals surface area contributed by atoms with Gasteiger partial charge in [0.05, 0.1) is 11.3 Å². The van der Waals surface area contributed by atoms with E-state index in [0.717, 1.165) is 17.3 Å². The molecule has 0 bridgehead atoms. The number of hydrogen-bond donors (Lipinski definition) is 1. The van der Waals surface area contributed by atoms with Gasteiger partial charge in [-0.15, -0.1) is 0 Å². The highest BCUT2D eigenvalue weighted by molar-refractivity contribution is 7.99. The number of rotatable bonds is 7. The van der Waals surface area contributed by atoms with Gasteiger partial charge in [0.1, 0.15) is 22.6 Å². The molecule has 188 valence electrons. The largest absolute Gasteiger partial charge is 0.353 e. The molecule has 3 aromatic rings. The number of thioether (sulfide) groups is 1. The lowest BCUT2D eigenvalue weighted by Crippen LogP contribution is -2.54. The van der Waals surface area contributed by atoms with Gasteiger partial charge in [0.25, 0.3) is 5.91 Å². The molecule has 0 saturated carbocycles. The number of nitrogens with one attached hydrogen (secondary N) is 1. The van der Waals surface area contributed by atoms with E-state index in [0.29, 0.717) is 30.6 Å². The van der Waals surface area contributed by atoms with Crippen molar-refractivity contribution in [2.24, 2.45) is 0 Å². The minimum Gasteiger partial charge on any atom is -0.353 e. The zero-order valence-electron chi connectivity index (χ0n) is 19.5.